The monoisotopic (exact) mass is 496 g/mol. The van der Waals surface area contributed by atoms with Crippen molar-refractivity contribution in [3.05, 3.63) is 83.1 Å². The first-order valence-electron chi connectivity index (χ1n) is 12.8. The molecule has 1 aromatic carbocycles. The van der Waals surface area contributed by atoms with Gasteiger partial charge < -0.3 is 10.2 Å². The Morgan fingerprint density at radius 2 is 1.89 bits per heavy atom. The number of nitrogens with one attached hydrogen (secondary N) is 1. The molecule has 0 atom stereocenters. The molecule has 0 bridgehead atoms. The fourth-order valence-corrected chi connectivity index (χ4v) is 4.58. The number of nitriles is 1. The highest BCUT2D eigenvalue weighted by molar-refractivity contribution is 5.93. The van der Waals surface area contributed by atoms with Crippen molar-refractivity contribution in [1.29, 1.82) is 5.26 Å². The molecular weight excluding hydrogens is 456 g/mol. The first-order valence-corrected chi connectivity index (χ1v) is 12.8. The van der Waals surface area contributed by atoms with Crippen LogP contribution in [-0.4, -0.2) is 62.9 Å². The summed E-state index contributed by atoms with van der Waals surface area (Å²) in [6, 6.07) is 12.9. The van der Waals surface area contributed by atoms with Gasteiger partial charge in [-0.2, -0.15) is 5.26 Å². The molecule has 1 saturated heterocycles. The standard InChI is InChI=1S/C31H40N6/c1-23(18-24(2)28(12-13-33-6)29-20-35-30(34-7)19-25(29)3)21-36-14-16-37(17-15-36)27-10-8-26(9-11-27)31(4,5)22-32/h8-13,18-20H,2,14-17,21H2,1,3-7H3,(H,34,35)/b23-18+,28-12+,33-13?. The first-order chi connectivity index (χ1) is 17.7. The highest BCUT2D eigenvalue weighted by atomic mass is 15.3. The van der Waals surface area contributed by atoms with Crippen LogP contribution >= 0.6 is 0 Å². The maximum atomic E-state index is 9.39. The van der Waals surface area contributed by atoms with E-state index in [1.807, 2.05) is 45.4 Å². The number of hydrogen-bond donors (Lipinski definition) is 1. The molecule has 0 radical (unpaired) electrons. The number of hydrogen-bond acceptors (Lipinski definition) is 6. The lowest BCUT2D eigenvalue weighted by molar-refractivity contribution is 0.278. The Morgan fingerprint density at radius 3 is 2.46 bits per heavy atom. The quantitative estimate of drug-likeness (QED) is 0.359. The van der Waals surface area contributed by atoms with Crippen LogP contribution in [0.1, 0.15) is 37.5 Å². The molecule has 1 fully saturated rings. The summed E-state index contributed by atoms with van der Waals surface area (Å²) in [5, 5.41) is 12.5. The number of aryl methyl sites for hydroxylation is 1. The van der Waals surface area contributed by atoms with Gasteiger partial charge in [-0.25, -0.2) is 4.98 Å². The molecule has 0 amide bonds. The SMILES string of the molecule is C=C(/C=C(\C)CN1CCN(c2ccc(C(C)(C)C#N)cc2)CC1)/C(=C\C=NC)c1cnc(NC)cc1C. The molecule has 0 aliphatic carbocycles. The average Bonchev–Trinajstić information content (AvgIpc) is 2.90. The van der Waals surface area contributed by atoms with Gasteiger partial charge in [0.2, 0.25) is 0 Å². The van der Waals surface area contributed by atoms with Gasteiger partial charge >= 0.3 is 0 Å². The molecule has 0 saturated carbocycles. The summed E-state index contributed by atoms with van der Waals surface area (Å²) >= 11 is 0. The number of piperazine rings is 1. The van der Waals surface area contributed by atoms with Crippen molar-refractivity contribution in [3.63, 3.8) is 0 Å². The second kappa shape index (κ2) is 12.5. The number of allylic oxidation sites excluding steroid dienone is 4. The molecule has 1 aromatic heterocycles. The van der Waals surface area contributed by atoms with Crippen LogP contribution in [0.4, 0.5) is 11.5 Å². The second-order valence-corrected chi connectivity index (χ2v) is 10.2. The topological polar surface area (TPSA) is 67.5 Å². The summed E-state index contributed by atoms with van der Waals surface area (Å²) < 4.78 is 0. The maximum Gasteiger partial charge on any atom is 0.125 e. The Labute approximate surface area is 222 Å². The molecule has 1 aliphatic rings. The molecule has 0 unspecified atom stereocenters. The zero-order valence-electron chi connectivity index (χ0n) is 23.2. The van der Waals surface area contributed by atoms with E-state index in [1.54, 1.807) is 7.05 Å². The van der Waals surface area contributed by atoms with Gasteiger partial charge in [-0.15, -0.1) is 0 Å². The van der Waals surface area contributed by atoms with E-state index >= 15 is 0 Å². The van der Waals surface area contributed by atoms with E-state index in [-0.39, 0.29) is 0 Å². The zero-order chi connectivity index (χ0) is 27.0. The van der Waals surface area contributed by atoms with Crippen LogP contribution in [-0.2, 0) is 5.41 Å². The van der Waals surface area contributed by atoms with Gasteiger partial charge in [-0.05, 0) is 74.2 Å². The Bertz CT molecular complexity index is 1220. The summed E-state index contributed by atoms with van der Waals surface area (Å²) in [7, 11) is 3.65. The van der Waals surface area contributed by atoms with E-state index in [0.29, 0.717) is 0 Å². The molecule has 6 nitrogen and oxygen atoms in total. The van der Waals surface area contributed by atoms with E-state index in [2.05, 4.69) is 81.9 Å². The van der Waals surface area contributed by atoms with Crippen LogP contribution in [0, 0.1) is 18.3 Å². The maximum absolute atomic E-state index is 9.39. The number of benzene rings is 1. The number of nitrogens with zero attached hydrogens (tertiary/aromatic N) is 5. The predicted octanol–water partition coefficient (Wildman–Crippen LogP) is 5.64. The molecule has 6 heteroatoms. The molecule has 1 N–H and O–H groups in total. The minimum atomic E-state index is -0.463. The van der Waals surface area contributed by atoms with Crippen LogP contribution in [0.3, 0.4) is 0 Å². The summed E-state index contributed by atoms with van der Waals surface area (Å²) in [6.07, 6.45) is 7.90. The van der Waals surface area contributed by atoms with Crippen LogP contribution in [0.25, 0.3) is 5.57 Å². The summed E-state index contributed by atoms with van der Waals surface area (Å²) in [5.74, 6) is 0.850. The van der Waals surface area contributed by atoms with Gasteiger partial charge in [-0.3, -0.25) is 9.89 Å². The number of pyridine rings is 1. The first kappa shape index (κ1) is 27.9. The third-order valence-corrected chi connectivity index (χ3v) is 6.89. The van der Waals surface area contributed by atoms with Crippen LogP contribution < -0.4 is 10.2 Å². The molecule has 1 aliphatic heterocycles. The third kappa shape index (κ3) is 7.18. The second-order valence-electron chi connectivity index (χ2n) is 10.2. The van der Waals surface area contributed by atoms with Crippen molar-refractivity contribution in [2.75, 3.05) is 57.0 Å². The molecule has 3 rings (SSSR count). The fourth-order valence-electron chi connectivity index (χ4n) is 4.58. The highest BCUT2D eigenvalue weighted by Crippen LogP contribution is 2.28. The van der Waals surface area contributed by atoms with Crippen molar-refractivity contribution in [2.24, 2.45) is 4.99 Å². The average molecular weight is 497 g/mol. The van der Waals surface area contributed by atoms with Crippen molar-refractivity contribution in [1.82, 2.24) is 9.88 Å². The number of aromatic nitrogens is 1. The Hall–Kier alpha value is -3.69. The summed E-state index contributed by atoms with van der Waals surface area (Å²) in [5.41, 5.74) is 7.28. The lowest BCUT2D eigenvalue weighted by atomic mass is 9.86. The predicted molar refractivity (Wildman–Crippen MR) is 158 cm³/mol. The van der Waals surface area contributed by atoms with Crippen molar-refractivity contribution < 1.29 is 0 Å². The summed E-state index contributed by atoms with van der Waals surface area (Å²) in [6.45, 7) is 17.4. The Balaban J connectivity index is 1.63. The fraction of sp³-hybridized carbons (Fsp3) is 0.387. The number of aliphatic imine (C=N–C) groups is 1. The van der Waals surface area contributed by atoms with Crippen LogP contribution in [0.2, 0.25) is 0 Å². The smallest absolute Gasteiger partial charge is 0.125 e. The minimum Gasteiger partial charge on any atom is -0.373 e. The van der Waals surface area contributed by atoms with E-state index in [1.165, 1.54) is 11.3 Å². The Kier molecular flexibility index (Phi) is 9.43. The Morgan fingerprint density at radius 1 is 1.22 bits per heavy atom. The van der Waals surface area contributed by atoms with Crippen molar-refractivity contribution >= 4 is 23.3 Å². The van der Waals surface area contributed by atoms with Crippen LogP contribution in [0.5, 0.6) is 0 Å². The number of anilines is 2. The van der Waals surface area contributed by atoms with Gasteiger partial charge in [-0.1, -0.05) is 30.4 Å². The normalized spacial score (nSPS) is 15.6. The van der Waals surface area contributed by atoms with E-state index in [0.717, 1.165) is 66.4 Å². The molecule has 2 aromatic rings. The number of rotatable bonds is 9. The van der Waals surface area contributed by atoms with Gasteiger partial charge in [0.05, 0.1) is 11.5 Å². The van der Waals surface area contributed by atoms with E-state index in [4.69, 9.17) is 0 Å². The highest BCUT2D eigenvalue weighted by Gasteiger charge is 2.21. The lowest BCUT2D eigenvalue weighted by Gasteiger charge is -2.36. The van der Waals surface area contributed by atoms with Gasteiger partial charge in [0.1, 0.15) is 5.82 Å². The van der Waals surface area contributed by atoms with Crippen molar-refractivity contribution in [2.45, 2.75) is 33.1 Å². The zero-order valence-corrected chi connectivity index (χ0v) is 23.2. The van der Waals surface area contributed by atoms with Gasteiger partial charge in [0, 0.05) is 70.5 Å². The van der Waals surface area contributed by atoms with E-state index < -0.39 is 5.41 Å². The van der Waals surface area contributed by atoms with Gasteiger partial charge in [0.25, 0.3) is 0 Å². The molecule has 0 spiro atoms. The molecular formula is C31H40N6. The van der Waals surface area contributed by atoms with Crippen LogP contribution in [0.15, 0.2) is 71.4 Å². The largest absolute Gasteiger partial charge is 0.373 e. The van der Waals surface area contributed by atoms with E-state index in [9.17, 15) is 5.26 Å². The third-order valence-electron chi connectivity index (χ3n) is 6.89. The lowest BCUT2D eigenvalue weighted by Crippen LogP contribution is -2.46. The minimum absolute atomic E-state index is 0.463. The van der Waals surface area contributed by atoms with Gasteiger partial charge in [0.15, 0.2) is 0 Å². The molecule has 2 heterocycles. The summed E-state index contributed by atoms with van der Waals surface area (Å²) in [4.78, 5) is 13.6. The molecule has 37 heavy (non-hydrogen) atoms. The van der Waals surface area contributed by atoms with Crippen molar-refractivity contribution in [3.8, 4) is 6.07 Å². The molecule has 194 valence electrons.